The van der Waals surface area contributed by atoms with Crippen LogP contribution in [0.25, 0.3) is 11.4 Å². The van der Waals surface area contributed by atoms with Crippen molar-refractivity contribution in [2.75, 3.05) is 5.84 Å². The fraction of sp³-hybridized carbons (Fsp3) is 0.412. The van der Waals surface area contributed by atoms with E-state index in [1.165, 1.54) is 4.68 Å². The van der Waals surface area contributed by atoms with Crippen LogP contribution in [0.3, 0.4) is 0 Å². The Balaban J connectivity index is 2.18. The van der Waals surface area contributed by atoms with Crippen LogP contribution in [0.1, 0.15) is 27.7 Å². The molecule has 1 aromatic carbocycles. The number of amides is 1. The number of aromatic nitrogens is 3. The van der Waals surface area contributed by atoms with Crippen molar-refractivity contribution in [1.82, 2.24) is 20.2 Å². The van der Waals surface area contributed by atoms with Crippen LogP contribution in [-0.2, 0) is 4.79 Å². The van der Waals surface area contributed by atoms with Gasteiger partial charge in [-0.05, 0) is 38.0 Å². The fourth-order valence-electron chi connectivity index (χ4n) is 2.08. The smallest absolute Gasteiger partial charge is 0.234 e. The van der Waals surface area contributed by atoms with Gasteiger partial charge in [-0.2, -0.15) is 5.26 Å². The number of nitriles is 1. The Morgan fingerprint density at radius 2 is 2.04 bits per heavy atom. The molecule has 2 atom stereocenters. The molecule has 0 radical (unpaired) electrons. The largest absolute Gasteiger partial charge is 0.337 e. The van der Waals surface area contributed by atoms with Crippen LogP contribution in [0.2, 0.25) is 10.0 Å². The summed E-state index contributed by atoms with van der Waals surface area (Å²) in [4.78, 5) is 12.5. The number of hydrogen-bond donors (Lipinski definition) is 2. The average molecular weight is 427 g/mol. The Morgan fingerprint density at radius 1 is 1.37 bits per heavy atom. The highest BCUT2D eigenvalue weighted by Crippen LogP contribution is 2.31. The number of hydrogen-bond acceptors (Lipinski definition) is 6. The molecule has 2 rings (SSSR count). The Kier molecular flexibility index (Phi) is 6.63. The number of halogens is 2. The van der Waals surface area contributed by atoms with E-state index in [-0.39, 0.29) is 11.8 Å². The molecule has 144 valence electrons. The molecule has 27 heavy (non-hydrogen) atoms. The molecule has 0 spiro atoms. The van der Waals surface area contributed by atoms with Gasteiger partial charge in [0.25, 0.3) is 0 Å². The number of nitrogens with one attached hydrogen (secondary N) is 1. The molecular weight excluding hydrogens is 407 g/mol. The van der Waals surface area contributed by atoms with E-state index in [1.54, 1.807) is 32.0 Å². The zero-order valence-electron chi connectivity index (χ0n) is 15.3. The molecular formula is C17H20Cl2N6OS. The van der Waals surface area contributed by atoms with Crippen molar-refractivity contribution in [2.45, 2.75) is 43.6 Å². The average Bonchev–Trinajstić information content (AvgIpc) is 2.95. The van der Waals surface area contributed by atoms with E-state index in [9.17, 15) is 10.1 Å². The number of nitrogens with zero attached hydrogens (tertiary/aromatic N) is 4. The highest BCUT2D eigenvalue weighted by molar-refractivity contribution is 8.00. The summed E-state index contributed by atoms with van der Waals surface area (Å²) < 4.78 is 1.27. The second-order valence-corrected chi connectivity index (χ2v) is 8.67. The van der Waals surface area contributed by atoms with Crippen LogP contribution < -0.4 is 11.2 Å². The number of carbonyl (C=O) groups excluding carboxylic acids is 1. The van der Waals surface area contributed by atoms with Crippen LogP contribution in [0, 0.1) is 17.2 Å². The summed E-state index contributed by atoms with van der Waals surface area (Å²) in [5.41, 5.74) is -0.374. The summed E-state index contributed by atoms with van der Waals surface area (Å²) in [6.45, 7) is 7.15. The van der Waals surface area contributed by atoms with Gasteiger partial charge < -0.3 is 11.2 Å². The molecule has 0 saturated heterocycles. The quantitative estimate of drug-likeness (QED) is 0.540. The van der Waals surface area contributed by atoms with Crippen molar-refractivity contribution in [3.8, 4) is 17.5 Å². The first kappa shape index (κ1) is 21.4. The van der Waals surface area contributed by atoms with Gasteiger partial charge in [-0.3, -0.25) is 4.79 Å². The first-order chi connectivity index (χ1) is 12.6. The van der Waals surface area contributed by atoms with Crippen molar-refractivity contribution >= 4 is 40.9 Å². The lowest BCUT2D eigenvalue weighted by Gasteiger charge is -2.28. The minimum Gasteiger partial charge on any atom is -0.337 e. The molecule has 0 aliphatic carbocycles. The summed E-state index contributed by atoms with van der Waals surface area (Å²) in [6.07, 6.45) is 0. The molecule has 3 N–H and O–H groups in total. The van der Waals surface area contributed by atoms with Crippen molar-refractivity contribution in [3.63, 3.8) is 0 Å². The molecule has 0 fully saturated rings. The van der Waals surface area contributed by atoms with Gasteiger partial charge in [0.2, 0.25) is 11.1 Å². The summed E-state index contributed by atoms with van der Waals surface area (Å²) in [5, 5.41) is 21.0. The second kappa shape index (κ2) is 8.38. The van der Waals surface area contributed by atoms with E-state index < -0.39 is 10.8 Å². The summed E-state index contributed by atoms with van der Waals surface area (Å²) in [6, 6.07) is 7.11. The van der Waals surface area contributed by atoms with Gasteiger partial charge in [-0.1, -0.05) is 48.8 Å². The third-order valence-corrected chi connectivity index (χ3v) is 5.86. The van der Waals surface area contributed by atoms with E-state index in [4.69, 9.17) is 29.0 Å². The zero-order valence-corrected chi connectivity index (χ0v) is 17.7. The molecule has 0 saturated carbocycles. The Labute approximate surface area is 172 Å². The lowest BCUT2D eigenvalue weighted by atomic mass is 9.90. The minimum absolute atomic E-state index is 0.0412. The molecule has 1 amide bonds. The number of carbonyl (C=O) groups is 1. The minimum atomic E-state index is -0.954. The Bertz CT molecular complexity index is 894. The maximum atomic E-state index is 12.5. The van der Waals surface area contributed by atoms with Crippen molar-refractivity contribution < 1.29 is 4.79 Å². The molecule has 0 bridgehead atoms. The lowest BCUT2D eigenvalue weighted by Crippen LogP contribution is -2.51. The zero-order chi connectivity index (χ0) is 20.4. The van der Waals surface area contributed by atoms with Gasteiger partial charge in [-0.25, -0.2) is 4.68 Å². The fourth-order valence-corrected chi connectivity index (χ4v) is 3.35. The van der Waals surface area contributed by atoms with Crippen molar-refractivity contribution in [1.29, 1.82) is 5.26 Å². The number of thioether (sulfide) groups is 1. The monoisotopic (exact) mass is 426 g/mol. The number of benzene rings is 1. The van der Waals surface area contributed by atoms with E-state index in [0.717, 1.165) is 11.8 Å². The standard InChI is InChI=1S/C17H20Cl2N6OS/c1-9(2)17(4,8-20)22-15(26)10(3)27-16-24-23-14(25(16)21)12-6-5-11(18)7-13(12)19/h5-7,9-10H,21H2,1-4H3,(H,22,26). The van der Waals surface area contributed by atoms with Crippen LogP contribution >= 0.6 is 35.0 Å². The highest BCUT2D eigenvalue weighted by Gasteiger charge is 2.32. The van der Waals surface area contributed by atoms with Gasteiger partial charge in [-0.15, -0.1) is 10.2 Å². The number of rotatable bonds is 6. The third-order valence-electron chi connectivity index (χ3n) is 4.26. The maximum absolute atomic E-state index is 12.5. The molecule has 1 aromatic heterocycles. The molecule has 7 nitrogen and oxygen atoms in total. The topological polar surface area (TPSA) is 110 Å². The normalized spacial score (nSPS) is 14.4. The summed E-state index contributed by atoms with van der Waals surface area (Å²) in [7, 11) is 0. The van der Waals surface area contributed by atoms with E-state index in [1.807, 2.05) is 13.8 Å². The number of nitrogens with two attached hydrogens (primary N) is 1. The van der Waals surface area contributed by atoms with E-state index in [2.05, 4.69) is 21.6 Å². The van der Waals surface area contributed by atoms with Crippen LogP contribution in [0.15, 0.2) is 23.4 Å². The van der Waals surface area contributed by atoms with E-state index in [0.29, 0.717) is 26.6 Å². The molecule has 2 aromatic rings. The van der Waals surface area contributed by atoms with Crippen LogP contribution in [0.4, 0.5) is 0 Å². The van der Waals surface area contributed by atoms with Gasteiger partial charge in [0.15, 0.2) is 5.82 Å². The van der Waals surface area contributed by atoms with E-state index >= 15 is 0 Å². The Morgan fingerprint density at radius 3 is 2.59 bits per heavy atom. The summed E-state index contributed by atoms with van der Waals surface area (Å²) in [5.74, 6) is 6.12. The predicted molar refractivity (Wildman–Crippen MR) is 108 cm³/mol. The summed E-state index contributed by atoms with van der Waals surface area (Å²) >= 11 is 13.2. The molecule has 10 heteroatoms. The van der Waals surface area contributed by atoms with Gasteiger partial charge in [0.1, 0.15) is 5.54 Å². The Hall–Kier alpha value is -1.95. The first-order valence-corrected chi connectivity index (χ1v) is 9.78. The second-order valence-electron chi connectivity index (χ2n) is 6.52. The van der Waals surface area contributed by atoms with Gasteiger partial charge in [0, 0.05) is 10.6 Å². The van der Waals surface area contributed by atoms with Crippen molar-refractivity contribution in [2.24, 2.45) is 5.92 Å². The van der Waals surface area contributed by atoms with Gasteiger partial charge >= 0.3 is 0 Å². The first-order valence-electron chi connectivity index (χ1n) is 8.15. The highest BCUT2D eigenvalue weighted by atomic mass is 35.5. The predicted octanol–water partition coefficient (Wildman–Crippen LogP) is 3.50. The van der Waals surface area contributed by atoms with Crippen LogP contribution in [-0.4, -0.2) is 31.6 Å². The molecule has 0 aliphatic rings. The lowest BCUT2D eigenvalue weighted by molar-refractivity contribution is -0.121. The third kappa shape index (κ3) is 4.67. The van der Waals surface area contributed by atoms with Gasteiger partial charge in [0.05, 0.1) is 16.3 Å². The van der Waals surface area contributed by atoms with Crippen molar-refractivity contribution in [3.05, 3.63) is 28.2 Å². The number of nitrogen functional groups attached to an aromatic ring is 1. The molecule has 0 aliphatic heterocycles. The molecule has 1 heterocycles. The molecule has 2 unspecified atom stereocenters. The maximum Gasteiger partial charge on any atom is 0.234 e. The van der Waals surface area contributed by atoms with Crippen LogP contribution in [0.5, 0.6) is 0 Å². The SMILES string of the molecule is CC(Sc1nnc(-c2ccc(Cl)cc2Cl)n1N)C(=O)NC(C)(C#N)C(C)C.